The van der Waals surface area contributed by atoms with E-state index in [0.717, 1.165) is 22.4 Å². The zero-order valence-electron chi connectivity index (χ0n) is 17.1. The fourth-order valence-corrected chi connectivity index (χ4v) is 4.35. The lowest BCUT2D eigenvalue weighted by Crippen LogP contribution is -2.42. The van der Waals surface area contributed by atoms with Gasteiger partial charge >= 0.3 is 0 Å². The molecule has 0 amide bonds. The molecule has 0 bridgehead atoms. The van der Waals surface area contributed by atoms with E-state index in [1.165, 1.54) is 24.3 Å². The number of nitro groups is 2. The van der Waals surface area contributed by atoms with Gasteiger partial charge in [-0.15, -0.1) is 0 Å². The van der Waals surface area contributed by atoms with Crippen LogP contribution in [-0.2, 0) is 0 Å². The zero-order chi connectivity index (χ0) is 23.0. The van der Waals surface area contributed by atoms with Crippen LogP contribution in [0.25, 0.3) is 6.08 Å². The number of benzene rings is 2. The molecular formula is C21H20N6O4S. The number of non-ortho nitro benzene ring substituents is 2. The Balaban J connectivity index is 1.71. The van der Waals surface area contributed by atoms with Crippen molar-refractivity contribution in [2.75, 3.05) is 20.1 Å². The summed E-state index contributed by atoms with van der Waals surface area (Å²) >= 11 is 5.25. The van der Waals surface area contributed by atoms with Crippen molar-refractivity contribution in [3.63, 3.8) is 0 Å². The highest BCUT2D eigenvalue weighted by Crippen LogP contribution is 2.41. The molecule has 164 valence electrons. The molecule has 2 aromatic rings. The lowest BCUT2D eigenvalue weighted by Gasteiger charge is -2.34. The van der Waals surface area contributed by atoms with Crippen LogP contribution in [0.5, 0.6) is 0 Å². The molecule has 0 aromatic heterocycles. The number of hydrogen-bond acceptors (Lipinski definition) is 7. The second kappa shape index (κ2) is 8.44. The molecule has 2 aromatic carbocycles. The molecule has 2 N–H and O–H groups in total. The smallest absolute Gasteiger partial charge is 0.269 e. The van der Waals surface area contributed by atoms with Crippen molar-refractivity contribution in [2.45, 2.75) is 6.04 Å². The van der Waals surface area contributed by atoms with E-state index >= 15 is 0 Å². The van der Waals surface area contributed by atoms with Gasteiger partial charge in [-0.05, 0) is 54.2 Å². The second-order valence-corrected chi connectivity index (χ2v) is 8.20. The quantitative estimate of drug-likeness (QED) is 0.425. The summed E-state index contributed by atoms with van der Waals surface area (Å²) < 4.78 is 0. The van der Waals surface area contributed by atoms with E-state index < -0.39 is 9.85 Å². The summed E-state index contributed by atoms with van der Waals surface area (Å²) in [4.78, 5) is 23.2. The topological polar surface area (TPSA) is 131 Å². The Morgan fingerprint density at radius 3 is 2.19 bits per heavy atom. The number of hydrogen-bond donors (Lipinski definition) is 1. The zero-order valence-corrected chi connectivity index (χ0v) is 17.9. The number of nitrogens with zero attached hydrogens (tertiary/aromatic N) is 5. The van der Waals surface area contributed by atoms with E-state index in [0.29, 0.717) is 13.1 Å². The second-order valence-electron chi connectivity index (χ2n) is 7.78. The van der Waals surface area contributed by atoms with Crippen LogP contribution in [0.3, 0.4) is 0 Å². The van der Waals surface area contributed by atoms with Crippen LogP contribution < -0.4 is 5.73 Å². The fraction of sp³-hybridized carbons (Fsp3) is 0.238. The van der Waals surface area contributed by atoms with Crippen molar-refractivity contribution in [3.05, 3.63) is 85.5 Å². The predicted molar refractivity (Wildman–Crippen MR) is 124 cm³/mol. The summed E-state index contributed by atoms with van der Waals surface area (Å²) in [6.07, 6.45) is 1.96. The summed E-state index contributed by atoms with van der Waals surface area (Å²) in [7, 11) is 2.00. The Morgan fingerprint density at radius 1 is 1.09 bits per heavy atom. The van der Waals surface area contributed by atoms with E-state index in [1.54, 1.807) is 29.3 Å². The van der Waals surface area contributed by atoms with Gasteiger partial charge in [0, 0.05) is 43.3 Å². The number of nitro benzene ring substituents is 2. The summed E-state index contributed by atoms with van der Waals surface area (Å²) in [6.45, 7) is 1.35. The molecule has 2 aliphatic heterocycles. The highest BCUT2D eigenvalue weighted by atomic mass is 32.1. The minimum Gasteiger partial charge on any atom is -0.375 e. The van der Waals surface area contributed by atoms with Gasteiger partial charge in [-0.1, -0.05) is 12.1 Å². The van der Waals surface area contributed by atoms with Gasteiger partial charge in [0.15, 0.2) is 5.11 Å². The number of rotatable bonds is 4. The van der Waals surface area contributed by atoms with Gasteiger partial charge in [-0.3, -0.25) is 20.2 Å². The largest absolute Gasteiger partial charge is 0.375 e. The monoisotopic (exact) mass is 452 g/mol. The van der Waals surface area contributed by atoms with E-state index in [-0.39, 0.29) is 28.4 Å². The van der Waals surface area contributed by atoms with E-state index in [4.69, 9.17) is 23.1 Å². The third kappa shape index (κ3) is 4.07. The summed E-state index contributed by atoms with van der Waals surface area (Å²) in [5.74, 6) is -0.0546. The fourth-order valence-electron chi connectivity index (χ4n) is 4.20. The summed E-state index contributed by atoms with van der Waals surface area (Å²) in [6, 6.07) is 12.4. The molecule has 32 heavy (non-hydrogen) atoms. The maximum atomic E-state index is 11.0. The first-order chi connectivity index (χ1) is 15.2. The minimum absolute atomic E-state index is 0.00859. The van der Waals surface area contributed by atoms with Gasteiger partial charge in [0.25, 0.3) is 11.4 Å². The third-order valence-electron chi connectivity index (χ3n) is 5.60. The van der Waals surface area contributed by atoms with Crippen molar-refractivity contribution >= 4 is 40.5 Å². The molecular weight excluding hydrogens is 432 g/mol. The van der Waals surface area contributed by atoms with Gasteiger partial charge in [0.2, 0.25) is 0 Å². The molecule has 0 radical (unpaired) electrons. The van der Waals surface area contributed by atoms with E-state index in [2.05, 4.69) is 4.90 Å². The highest BCUT2D eigenvalue weighted by Gasteiger charge is 2.43. The molecule has 0 saturated carbocycles. The van der Waals surface area contributed by atoms with Crippen molar-refractivity contribution in [2.24, 2.45) is 16.8 Å². The highest BCUT2D eigenvalue weighted by molar-refractivity contribution is 7.80. The van der Waals surface area contributed by atoms with Crippen LogP contribution in [0.2, 0.25) is 0 Å². The number of thiocarbonyl (C=S) groups is 1. The van der Waals surface area contributed by atoms with Gasteiger partial charge in [-0.25, -0.2) is 5.01 Å². The molecule has 0 spiro atoms. The molecule has 2 aliphatic rings. The summed E-state index contributed by atoms with van der Waals surface area (Å²) in [5, 5.41) is 28.4. The van der Waals surface area contributed by atoms with Crippen molar-refractivity contribution in [1.29, 1.82) is 0 Å². The molecule has 11 heteroatoms. The SMILES string of the molecule is CN1C/C(=C/c2ccc([N+](=O)[O-])cc2)C2=NN(C(N)=S)[C@H](c3ccc([N+](=O)[O-])cc3)[C@@H]2C1. The molecule has 0 unspecified atom stereocenters. The van der Waals surface area contributed by atoms with E-state index in [9.17, 15) is 20.2 Å². The van der Waals surface area contributed by atoms with Crippen LogP contribution in [-0.4, -0.2) is 50.7 Å². The van der Waals surface area contributed by atoms with Crippen LogP contribution in [0.15, 0.2) is 59.2 Å². The molecule has 0 aliphatic carbocycles. The number of likely N-dealkylation sites (N-methyl/N-ethyl adjacent to an activating group) is 1. The van der Waals surface area contributed by atoms with Crippen molar-refractivity contribution < 1.29 is 9.85 Å². The Kier molecular flexibility index (Phi) is 5.68. The maximum absolute atomic E-state index is 11.0. The van der Waals surface area contributed by atoms with Crippen molar-refractivity contribution in [1.82, 2.24) is 9.91 Å². The average Bonchev–Trinajstić information content (AvgIpc) is 3.14. The number of fused-ring (bicyclic) bond motifs is 1. The molecule has 4 rings (SSSR count). The molecule has 2 atom stereocenters. The van der Waals surface area contributed by atoms with Gasteiger partial charge in [0.05, 0.1) is 21.6 Å². The first-order valence-corrected chi connectivity index (χ1v) is 10.2. The van der Waals surface area contributed by atoms with Crippen LogP contribution >= 0.6 is 12.2 Å². The standard InChI is InChI=1S/C21H20N6O4S/c1-24-11-15(10-13-2-6-16(7-3-13)26(28)29)19-18(12-24)20(25(23-19)21(22)32)14-4-8-17(9-5-14)27(30)31/h2-10,18,20H,11-12H2,1H3,(H2,22,32)/b15-10-/t18-,20-/m1/s1. The Bertz CT molecular complexity index is 1150. The lowest BCUT2D eigenvalue weighted by atomic mass is 9.83. The summed E-state index contributed by atoms with van der Waals surface area (Å²) in [5.41, 5.74) is 9.48. The van der Waals surface area contributed by atoms with Crippen molar-refractivity contribution in [3.8, 4) is 0 Å². The first-order valence-electron chi connectivity index (χ1n) is 9.80. The molecule has 2 heterocycles. The Morgan fingerprint density at radius 2 is 1.66 bits per heavy atom. The van der Waals surface area contributed by atoms with Crippen LogP contribution in [0.4, 0.5) is 11.4 Å². The number of likely N-dealkylation sites (tertiary alicyclic amines) is 1. The van der Waals surface area contributed by atoms with Gasteiger partial charge in [-0.2, -0.15) is 5.10 Å². The first kappa shape index (κ1) is 21.5. The lowest BCUT2D eigenvalue weighted by molar-refractivity contribution is -0.385. The Labute approximate surface area is 188 Å². The van der Waals surface area contributed by atoms with Gasteiger partial charge in [0.1, 0.15) is 0 Å². The molecule has 1 fully saturated rings. The number of piperidine rings is 1. The number of hydrazone groups is 1. The van der Waals surface area contributed by atoms with Gasteiger partial charge < -0.3 is 10.6 Å². The Hall–Kier alpha value is -3.70. The third-order valence-corrected chi connectivity index (χ3v) is 5.79. The van der Waals surface area contributed by atoms with Crippen LogP contribution in [0, 0.1) is 26.1 Å². The normalized spacial score (nSPS) is 21.8. The van der Waals surface area contributed by atoms with E-state index in [1.807, 2.05) is 13.1 Å². The average molecular weight is 452 g/mol. The minimum atomic E-state index is -0.439. The molecule has 10 nitrogen and oxygen atoms in total. The maximum Gasteiger partial charge on any atom is 0.269 e. The predicted octanol–water partition coefficient (Wildman–Crippen LogP) is 3.10. The molecule has 1 saturated heterocycles. The number of nitrogens with two attached hydrogens (primary N) is 1. The van der Waals surface area contributed by atoms with Crippen LogP contribution in [0.1, 0.15) is 17.2 Å².